The second-order valence-corrected chi connectivity index (χ2v) is 6.90. The van der Waals surface area contributed by atoms with Gasteiger partial charge in [0.1, 0.15) is 42.4 Å². The van der Waals surface area contributed by atoms with Crippen LogP contribution in [0.25, 0.3) is 0 Å². The SMILES string of the molecule is CC1OC(OC2C(C)OC(Oc3ccccc3)C(O)C2O)C(O)C(O)C1O.CO. The molecule has 0 saturated carbocycles. The first-order valence-corrected chi connectivity index (χ1v) is 9.32. The summed E-state index contributed by atoms with van der Waals surface area (Å²) < 4.78 is 22.2. The normalized spacial score (nSPS) is 42.5. The Hall–Kier alpha value is -1.34. The van der Waals surface area contributed by atoms with E-state index < -0.39 is 61.4 Å². The first-order chi connectivity index (χ1) is 13.8. The minimum Gasteiger partial charge on any atom is -0.462 e. The van der Waals surface area contributed by atoms with Gasteiger partial charge in [-0.15, -0.1) is 0 Å². The van der Waals surface area contributed by atoms with Crippen molar-refractivity contribution in [2.45, 2.75) is 75.3 Å². The van der Waals surface area contributed by atoms with Gasteiger partial charge in [0, 0.05) is 7.11 Å². The van der Waals surface area contributed by atoms with Crippen LogP contribution >= 0.6 is 0 Å². The highest BCUT2D eigenvalue weighted by Crippen LogP contribution is 2.29. The molecule has 10 unspecified atom stereocenters. The molecule has 2 aliphatic heterocycles. The summed E-state index contributed by atoms with van der Waals surface area (Å²) in [6.45, 7) is 3.14. The number of aliphatic hydroxyl groups is 6. The van der Waals surface area contributed by atoms with Crippen LogP contribution in [0.2, 0.25) is 0 Å². The fraction of sp³-hybridized carbons (Fsp3) is 0.684. The van der Waals surface area contributed by atoms with E-state index in [1.807, 2.05) is 6.07 Å². The van der Waals surface area contributed by atoms with E-state index in [0.717, 1.165) is 7.11 Å². The van der Waals surface area contributed by atoms with E-state index in [1.165, 1.54) is 6.92 Å². The molecular formula is C19H30O10. The number of para-hydroxylation sites is 1. The van der Waals surface area contributed by atoms with E-state index in [4.69, 9.17) is 24.1 Å². The van der Waals surface area contributed by atoms with E-state index in [9.17, 15) is 25.5 Å². The van der Waals surface area contributed by atoms with Crippen molar-refractivity contribution in [3.8, 4) is 5.75 Å². The molecule has 10 nitrogen and oxygen atoms in total. The molecule has 6 N–H and O–H groups in total. The van der Waals surface area contributed by atoms with Crippen LogP contribution in [0.5, 0.6) is 5.75 Å². The Kier molecular flexibility index (Phi) is 8.76. The number of rotatable bonds is 4. The molecule has 166 valence electrons. The summed E-state index contributed by atoms with van der Waals surface area (Å²) in [5.41, 5.74) is 0. The predicted octanol–water partition coefficient (Wildman–Crippen LogP) is -1.65. The van der Waals surface area contributed by atoms with Gasteiger partial charge in [-0.2, -0.15) is 0 Å². The zero-order valence-corrected chi connectivity index (χ0v) is 16.5. The van der Waals surface area contributed by atoms with Gasteiger partial charge in [-0.1, -0.05) is 18.2 Å². The molecule has 3 rings (SSSR count). The topological polar surface area (TPSA) is 158 Å². The molecule has 0 radical (unpaired) electrons. The maximum absolute atomic E-state index is 10.5. The molecule has 0 bridgehead atoms. The molecule has 29 heavy (non-hydrogen) atoms. The van der Waals surface area contributed by atoms with Crippen LogP contribution in [-0.2, 0) is 14.2 Å². The minimum atomic E-state index is -1.52. The van der Waals surface area contributed by atoms with E-state index in [1.54, 1.807) is 31.2 Å². The van der Waals surface area contributed by atoms with E-state index in [-0.39, 0.29) is 0 Å². The third-order valence-electron chi connectivity index (χ3n) is 4.87. The van der Waals surface area contributed by atoms with Crippen LogP contribution < -0.4 is 4.74 Å². The standard InChI is InChI=1S/C18H26O9.CH4O/c1-8-11(19)12(20)14(22)18(24-8)27-16-9(2)25-17(15(23)13(16)21)26-10-6-4-3-5-7-10;1-2/h3-9,11-23H,1-2H3;2H,1H3. The molecule has 0 amide bonds. The zero-order valence-electron chi connectivity index (χ0n) is 16.5. The maximum Gasteiger partial charge on any atom is 0.229 e. The van der Waals surface area contributed by atoms with Crippen molar-refractivity contribution in [3.63, 3.8) is 0 Å². The molecule has 0 aliphatic carbocycles. The molecule has 2 fully saturated rings. The molecule has 1 aromatic carbocycles. The van der Waals surface area contributed by atoms with Crippen molar-refractivity contribution in [3.05, 3.63) is 30.3 Å². The highest BCUT2D eigenvalue weighted by atomic mass is 16.7. The van der Waals surface area contributed by atoms with Gasteiger partial charge in [-0.05, 0) is 26.0 Å². The second-order valence-electron chi connectivity index (χ2n) is 6.90. The average molecular weight is 418 g/mol. The Balaban J connectivity index is 0.00000145. The summed E-state index contributed by atoms with van der Waals surface area (Å²) >= 11 is 0. The first-order valence-electron chi connectivity index (χ1n) is 9.32. The third-order valence-corrected chi connectivity index (χ3v) is 4.87. The van der Waals surface area contributed by atoms with Crippen molar-refractivity contribution < 1.29 is 49.6 Å². The van der Waals surface area contributed by atoms with Crippen molar-refractivity contribution in [2.24, 2.45) is 0 Å². The summed E-state index contributed by atoms with van der Waals surface area (Å²) in [6, 6.07) is 8.72. The van der Waals surface area contributed by atoms with Gasteiger partial charge in [0.15, 0.2) is 6.29 Å². The Morgan fingerprint density at radius 1 is 0.690 bits per heavy atom. The monoisotopic (exact) mass is 418 g/mol. The molecule has 2 saturated heterocycles. The van der Waals surface area contributed by atoms with Gasteiger partial charge in [0.25, 0.3) is 0 Å². The van der Waals surface area contributed by atoms with Crippen LogP contribution in [0.4, 0.5) is 0 Å². The Morgan fingerprint density at radius 3 is 1.86 bits per heavy atom. The lowest BCUT2D eigenvalue weighted by atomic mass is 9.97. The molecular weight excluding hydrogens is 388 g/mol. The lowest BCUT2D eigenvalue weighted by Crippen LogP contribution is -2.63. The molecule has 0 spiro atoms. The summed E-state index contributed by atoms with van der Waals surface area (Å²) in [4.78, 5) is 0. The highest BCUT2D eigenvalue weighted by Gasteiger charge is 2.49. The number of hydrogen-bond acceptors (Lipinski definition) is 10. The zero-order chi connectivity index (χ0) is 21.7. The second kappa shape index (κ2) is 10.6. The van der Waals surface area contributed by atoms with E-state index in [2.05, 4.69) is 0 Å². The van der Waals surface area contributed by atoms with E-state index >= 15 is 0 Å². The van der Waals surface area contributed by atoms with Crippen molar-refractivity contribution in [1.82, 2.24) is 0 Å². The van der Waals surface area contributed by atoms with E-state index in [0.29, 0.717) is 5.75 Å². The summed E-state index contributed by atoms with van der Waals surface area (Å²) in [5, 5.41) is 57.5. The van der Waals surface area contributed by atoms with Gasteiger partial charge in [0.2, 0.25) is 6.29 Å². The molecule has 10 heteroatoms. The highest BCUT2D eigenvalue weighted by molar-refractivity contribution is 5.21. The smallest absolute Gasteiger partial charge is 0.229 e. The quantitative estimate of drug-likeness (QED) is 0.335. The van der Waals surface area contributed by atoms with Crippen molar-refractivity contribution >= 4 is 0 Å². The molecule has 2 heterocycles. The number of benzene rings is 1. The Bertz CT molecular complexity index is 602. The van der Waals surface area contributed by atoms with Crippen LogP contribution in [0.15, 0.2) is 30.3 Å². The van der Waals surface area contributed by atoms with Crippen LogP contribution in [0.3, 0.4) is 0 Å². The van der Waals surface area contributed by atoms with Gasteiger partial charge < -0.3 is 49.6 Å². The lowest BCUT2D eigenvalue weighted by molar-refractivity contribution is -0.345. The maximum atomic E-state index is 10.5. The summed E-state index contributed by atoms with van der Waals surface area (Å²) in [5.74, 6) is 0.470. The molecule has 2 aliphatic rings. The fourth-order valence-corrected chi connectivity index (χ4v) is 3.21. The first kappa shape index (κ1) is 23.9. The minimum absolute atomic E-state index is 0.470. The average Bonchev–Trinajstić information content (AvgIpc) is 2.73. The summed E-state index contributed by atoms with van der Waals surface area (Å²) in [6.07, 6.45) is -12.0. The van der Waals surface area contributed by atoms with Gasteiger partial charge in [-0.25, -0.2) is 0 Å². The third kappa shape index (κ3) is 5.43. The largest absolute Gasteiger partial charge is 0.462 e. The van der Waals surface area contributed by atoms with Crippen molar-refractivity contribution in [2.75, 3.05) is 7.11 Å². The van der Waals surface area contributed by atoms with Crippen molar-refractivity contribution in [1.29, 1.82) is 0 Å². The number of ether oxygens (including phenoxy) is 4. The molecule has 0 aromatic heterocycles. The van der Waals surface area contributed by atoms with Crippen LogP contribution in [0.1, 0.15) is 13.8 Å². The Morgan fingerprint density at radius 2 is 1.24 bits per heavy atom. The fourth-order valence-electron chi connectivity index (χ4n) is 3.21. The van der Waals surface area contributed by atoms with Gasteiger partial charge in [-0.3, -0.25) is 0 Å². The molecule has 10 atom stereocenters. The van der Waals surface area contributed by atoms with Gasteiger partial charge in [0.05, 0.1) is 12.2 Å². The van der Waals surface area contributed by atoms with Crippen LogP contribution in [0, 0.1) is 0 Å². The predicted molar refractivity (Wildman–Crippen MR) is 98.8 cm³/mol. The lowest BCUT2D eigenvalue weighted by Gasteiger charge is -2.45. The number of hydrogen-bond donors (Lipinski definition) is 6. The molecule has 1 aromatic rings. The Labute approximate surface area is 168 Å². The summed E-state index contributed by atoms with van der Waals surface area (Å²) in [7, 11) is 1.00. The number of aliphatic hydroxyl groups excluding tert-OH is 6. The van der Waals surface area contributed by atoms with Gasteiger partial charge >= 0.3 is 0 Å². The van der Waals surface area contributed by atoms with Crippen LogP contribution in [-0.4, -0.2) is 99.2 Å².